The summed E-state index contributed by atoms with van der Waals surface area (Å²) in [5, 5.41) is 8.90. The first-order chi connectivity index (χ1) is 9.93. The van der Waals surface area contributed by atoms with Gasteiger partial charge in [-0.05, 0) is 20.5 Å². The van der Waals surface area contributed by atoms with Crippen LogP contribution in [0.3, 0.4) is 0 Å². The highest BCUT2D eigenvalue weighted by Crippen LogP contribution is 2.06. The average molecular weight is 300 g/mol. The first-order valence-corrected chi connectivity index (χ1v) is 7.56. The SMILES string of the molecule is CCCN(CC(=O)O)C(=O)N1CCN(CCN(C)C)CC1. The Hall–Kier alpha value is -1.34. The van der Waals surface area contributed by atoms with Crippen molar-refractivity contribution in [3.8, 4) is 0 Å². The molecule has 0 aromatic carbocycles. The van der Waals surface area contributed by atoms with Crippen LogP contribution in [0.25, 0.3) is 0 Å². The van der Waals surface area contributed by atoms with Crippen LogP contribution in [0.1, 0.15) is 13.3 Å². The molecule has 0 spiro atoms. The molecule has 21 heavy (non-hydrogen) atoms. The average Bonchev–Trinajstić information content (AvgIpc) is 2.44. The van der Waals surface area contributed by atoms with Gasteiger partial charge < -0.3 is 19.8 Å². The van der Waals surface area contributed by atoms with Crippen molar-refractivity contribution in [1.82, 2.24) is 19.6 Å². The van der Waals surface area contributed by atoms with Gasteiger partial charge >= 0.3 is 12.0 Å². The Morgan fingerprint density at radius 1 is 1.10 bits per heavy atom. The molecule has 0 aliphatic carbocycles. The van der Waals surface area contributed by atoms with Gasteiger partial charge in [-0.15, -0.1) is 0 Å². The van der Waals surface area contributed by atoms with Crippen LogP contribution in [0, 0.1) is 0 Å². The fourth-order valence-corrected chi connectivity index (χ4v) is 2.38. The monoisotopic (exact) mass is 300 g/mol. The molecule has 0 unspecified atom stereocenters. The lowest BCUT2D eigenvalue weighted by atomic mass is 10.3. The topological polar surface area (TPSA) is 67.3 Å². The highest BCUT2D eigenvalue weighted by atomic mass is 16.4. The maximum Gasteiger partial charge on any atom is 0.323 e. The minimum atomic E-state index is -0.957. The number of carboxylic acid groups (broad SMARTS) is 1. The summed E-state index contributed by atoms with van der Waals surface area (Å²) in [4.78, 5) is 30.9. The zero-order valence-electron chi connectivity index (χ0n) is 13.4. The second-order valence-corrected chi connectivity index (χ2v) is 5.73. The molecule has 0 aromatic rings. The largest absolute Gasteiger partial charge is 0.480 e. The van der Waals surface area contributed by atoms with Crippen LogP contribution < -0.4 is 0 Å². The fourth-order valence-electron chi connectivity index (χ4n) is 2.38. The van der Waals surface area contributed by atoms with E-state index in [-0.39, 0.29) is 12.6 Å². The van der Waals surface area contributed by atoms with E-state index < -0.39 is 5.97 Å². The second-order valence-electron chi connectivity index (χ2n) is 5.73. The van der Waals surface area contributed by atoms with Gasteiger partial charge in [0.25, 0.3) is 0 Å². The summed E-state index contributed by atoms with van der Waals surface area (Å²) in [6, 6.07) is -0.147. The summed E-state index contributed by atoms with van der Waals surface area (Å²) in [5.74, 6) is -0.957. The van der Waals surface area contributed by atoms with Gasteiger partial charge in [-0.25, -0.2) is 4.79 Å². The van der Waals surface area contributed by atoms with Gasteiger partial charge in [0, 0.05) is 45.8 Å². The number of nitrogens with zero attached hydrogens (tertiary/aromatic N) is 4. The Labute approximate surface area is 127 Å². The Morgan fingerprint density at radius 3 is 2.19 bits per heavy atom. The molecule has 2 amide bonds. The summed E-state index contributed by atoms with van der Waals surface area (Å²) in [7, 11) is 4.10. The molecule has 1 rings (SSSR count). The maximum absolute atomic E-state index is 12.4. The maximum atomic E-state index is 12.4. The number of amides is 2. The molecule has 1 saturated heterocycles. The highest BCUT2D eigenvalue weighted by Gasteiger charge is 2.25. The molecule has 1 heterocycles. The van der Waals surface area contributed by atoms with Crippen molar-refractivity contribution in [2.45, 2.75) is 13.3 Å². The van der Waals surface area contributed by atoms with Crippen LogP contribution in [-0.2, 0) is 4.79 Å². The normalized spacial score (nSPS) is 16.3. The zero-order valence-corrected chi connectivity index (χ0v) is 13.4. The fraction of sp³-hybridized carbons (Fsp3) is 0.857. The Bertz CT molecular complexity index is 341. The van der Waals surface area contributed by atoms with Crippen molar-refractivity contribution in [2.24, 2.45) is 0 Å². The molecule has 1 N–H and O–H groups in total. The third-order valence-electron chi connectivity index (χ3n) is 3.60. The molecular formula is C14H28N4O3. The highest BCUT2D eigenvalue weighted by molar-refractivity contribution is 5.80. The lowest BCUT2D eigenvalue weighted by molar-refractivity contribution is -0.137. The summed E-state index contributed by atoms with van der Waals surface area (Å²) in [5.41, 5.74) is 0. The van der Waals surface area contributed by atoms with Crippen LogP contribution >= 0.6 is 0 Å². The van der Waals surface area contributed by atoms with Crippen molar-refractivity contribution in [2.75, 3.05) is 66.5 Å². The summed E-state index contributed by atoms with van der Waals surface area (Å²) in [6.45, 7) is 7.29. The number of rotatable bonds is 7. The summed E-state index contributed by atoms with van der Waals surface area (Å²) < 4.78 is 0. The van der Waals surface area contributed by atoms with E-state index in [9.17, 15) is 9.59 Å². The molecule has 0 atom stereocenters. The first kappa shape index (κ1) is 17.7. The predicted molar refractivity (Wildman–Crippen MR) is 81.5 cm³/mol. The zero-order chi connectivity index (χ0) is 15.8. The Morgan fingerprint density at radius 2 is 1.71 bits per heavy atom. The molecule has 7 nitrogen and oxygen atoms in total. The lowest BCUT2D eigenvalue weighted by Crippen LogP contribution is -2.54. The smallest absolute Gasteiger partial charge is 0.323 e. The van der Waals surface area contributed by atoms with E-state index in [1.54, 1.807) is 4.90 Å². The molecule has 0 radical (unpaired) electrons. The molecule has 122 valence electrons. The third-order valence-corrected chi connectivity index (χ3v) is 3.60. The van der Waals surface area contributed by atoms with E-state index in [1.807, 2.05) is 21.0 Å². The van der Waals surface area contributed by atoms with Crippen molar-refractivity contribution >= 4 is 12.0 Å². The van der Waals surface area contributed by atoms with Crippen molar-refractivity contribution in [3.63, 3.8) is 0 Å². The molecular weight excluding hydrogens is 272 g/mol. The van der Waals surface area contributed by atoms with Crippen molar-refractivity contribution in [3.05, 3.63) is 0 Å². The molecule has 0 saturated carbocycles. The minimum Gasteiger partial charge on any atom is -0.480 e. The number of carboxylic acids is 1. The van der Waals surface area contributed by atoms with Crippen LogP contribution in [0.4, 0.5) is 4.79 Å². The number of urea groups is 1. The molecule has 7 heteroatoms. The third kappa shape index (κ3) is 6.31. The molecule has 1 fully saturated rings. The summed E-state index contributed by atoms with van der Waals surface area (Å²) >= 11 is 0. The number of aliphatic carboxylic acids is 1. The number of likely N-dealkylation sites (N-methyl/N-ethyl adjacent to an activating group) is 1. The molecule has 1 aliphatic heterocycles. The van der Waals surface area contributed by atoms with E-state index in [1.165, 1.54) is 4.90 Å². The van der Waals surface area contributed by atoms with Gasteiger partial charge in [0.2, 0.25) is 0 Å². The van der Waals surface area contributed by atoms with Gasteiger partial charge in [-0.2, -0.15) is 0 Å². The van der Waals surface area contributed by atoms with Gasteiger partial charge in [0.1, 0.15) is 6.54 Å². The van der Waals surface area contributed by atoms with E-state index in [4.69, 9.17) is 5.11 Å². The van der Waals surface area contributed by atoms with Gasteiger partial charge in [-0.1, -0.05) is 6.92 Å². The van der Waals surface area contributed by atoms with Gasteiger partial charge in [0.15, 0.2) is 0 Å². The van der Waals surface area contributed by atoms with Crippen molar-refractivity contribution < 1.29 is 14.7 Å². The standard InChI is InChI=1S/C14H28N4O3/c1-4-5-18(12-13(19)20)14(21)17-10-8-16(9-11-17)7-6-15(2)3/h4-12H2,1-3H3,(H,19,20). The van der Waals surface area contributed by atoms with Gasteiger partial charge in [0.05, 0.1) is 0 Å². The van der Waals surface area contributed by atoms with E-state index in [2.05, 4.69) is 9.80 Å². The number of piperazine rings is 1. The number of hydrogen-bond donors (Lipinski definition) is 1. The second kappa shape index (κ2) is 8.84. The predicted octanol–water partition coefficient (Wildman–Crippen LogP) is 0.0822. The molecule has 0 bridgehead atoms. The quantitative estimate of drug-likeness (QED) is 0.721. The van der Waals surface area contributed by atoms with Crippen LogP contribution in [0.15, 0.2) is 0 Å². The van der Waals surface area contributed by atoms with Crippen LogP contribution in [0.5, 0.6) is 0 Å². The Kier molecular flexibility index (Phi) is 7.45. The summed E-state index contributed by atoms with van der Waals surface area (Å²) in [6.07, 6.45) is 0.766. The van der Waals surface area contributed by atoms with E-state index in [0.29, 0.717) is 19.6 Å². The van der Waals surface area contributed by atoms with Crippen LogP contribution in [0.2, 0.25) is 0 Å². The molecule has 1 aliphatic rings. The number of carbonyl (C=O) groups is 2. The van der Waals surface area contributed by atoms with Crippen LogP contribution in [-0.4, -0.2) is 103 Å². The number of carbonyl (C=O) groups excluding carboxylic acids is 1. The van der Waals surface area contributed by atoms with E-state index >= 15 is 0 Å². The lowest BCUT2D eigenvalue weighted by Gasteiger charge is -2.37. The van der Waals surface area contributed by atoms with Crippen molar-refractivity contribution in [1.29, 1.82) is 0 Å². The van der Waals surface area contributed by atoms with E-state index in [0.717, 1.165) is 32.6 Å². The first-order valence-electron chi connectivity index (χ1n) is 7.56. The Balaban J connectivity index is 2.43. The van der Waals surface area contributed by atoms with Gasteiger partial charge in [-0.3, -0.25) is 9.69 Å². The minimum absolute atomic E-state index is 0.147. The molecule has 0 aromatic heterocycles. The number of hydrogen-bond acceptors (Lipinski definition) is 4.